The van der Waals surface area contributed by atoms with Gasteiger partial charge in [-0.3, -0.25) is 4.79 Å². The van der Waals surface area contributed by atoms with Crippen molar-refractivity contribution < 1.29 is 17.9 Å². The van der Waals surface area contributed by atoms with Gasteiger partial charge in [0, 0.05) is 19.3 Å². The van der Waals surface area contributed by atoms with E-state index in [9.17, 15) is 13.2 Å². The van der Waals surface area contributed by atoms with Crippen molar-refractivity contribution in [1.82, 2.24) is 10.0 Å². The molecule has 0 saturated carbocycles. The van der Waals surface area contributed by atoms with Gasteiger partial charge in [0.05, 0.1) is 17.5 Å². The standard InChI is InChI=1S/C13H21N3O4S/c1-9-8-11(14)4-5-12(9)21(18,19)16-10(2)13(17)15-6-7-20-3/h4-5,8,10,16H,6-7,14H2,1-3H3,(H,15,17). The second-order valence-corrected chi connectivity index (χ2v) is 6.33. The molecule has 7 nitrogen and oxygen atoms in total. The molecule has 21 heavy (non-hydrogen) atoms. The average molecular weight is 315 g/mol. The molecule has 1 aromatic carbocycles. The number of benzene rings is 1. The lowest BCUT2D eigenvalue weighted by Gasteiger charge is -2.15. The van der Waals surface area contributed by atoms with E-state index in [-0.39, 0.29) is 4.90 Å². The number of hydrogen-bond acceptors (Lipinski definition) is 5. The molecule has 1 unspecified atom stereocenters. The minimum atomic E-state index is -3.78. The molecule has 118 valence electrons. The predicted molar refractivity (Wildman–Crippen MR) is 80.3 cm³/mol. The molecule has 0 fully saturated rings. The monoisotopic (exact) mass is 315 g/mol. The fourth-order valence-corrected chi connectivity index (χ4v) is 3.18. The van der Waals surface area contributed by atoms with Crippen LogP contribution in [0.1, 0.15) is 12.5 Å². The van der Waals surface area contributed by atoms with E-state index < -0.39 is 22.0 Å². The van der Waals surface area contributed by atoms with E-state index in [4.69, 9.17) is 10.5 Å². The molecule has 1 aromatic rings. The number of nitrogens with two attached hydrogens (primary N) is 1. The van der Waals surface area contributed by atoms with Crippen molar-refractivity contribution in [1.29, 1.82) is 0 Å². The van der Waals surface area contributed by atoms with Crippen LogP contribution in [0.3, 0.4) is 0 Å². The Hall–Kier alpha value is -1.64. The van der Waals surface area contributed by atoms with Gasteiger partial charge in [0.15, 0.2) is 0 Å². The van der Waals surface area contributed by atoms with E-state index in [1.165, 1.54) is 26.2 Å². The van der Waals surface area contributed by atoms with Crippen LogP contribution in [-0.2, 0) is 19.6 Å². The second kappa shape index (κ2) is 7.39. The molecule has 0 aliphatic rings. The van der Waals surface area contributed by atoms with Gasteiger partial charge in [-0.1, -0.05) is 0 Å². The molecule has 0 aromatic heterocycles. The number of carbonyl (C=O) groups is 1. The fraction of sp³-hybridized carbons (Fsp3) is 0.462. The summed E-state index contributed by atoms with van der Waals surface area (Å²) >= 11 is 0. The largest absolute Gasteiger partial charge is 0.399 e. The van der Waals surface area contributed by atoms with Gasteiger partial charge in [-0.05, 0) is 37.6 Å². The summed E-state index contributed by atoms with van der Waals surface area (Å²) in [5.74, 6) is -0.413. The zero-order valence-electron chi connectivity index (χ0n) is 12.3. The number of rotatable bonds is 7. The highest BCUT2D eigenvalue weighted by Crippen LogP contribution is 2.17. The molecule has 0 aliphatic heterocycles. The maximum absolute atomic E-state index is 12.3. The smallest absolute Gasteiger partial charge is 0.241 e. The minimum absolute atomic E-state index is 0.105. The predicted octanol–water partition coefficient (Wildman–Crippen LogP) is 0.00662. The number of anilines is 1. The summed E-state index contributed by atoms with van der Waals surface area (Å²) in [5.41, 5.74) is 6.60. The Morgan fingerprint density at radius 1 is 1.43 bits per heavy atom. The number of amides is 1. The van der Waals surface area contributed by atoms with Gasteiger partial charge in [0.2, 0.25) is 15.9 Å². The Bertz CT molecular complexity index is 601. The molecule has 0 aliphatic carbocycles. The third kappa shape index (κ3) is 5.00. The van der Waals surface area contributed by atoms with Gasteiger partial charge in [-0.25, -0.2) is 8.42 Å². The number of nitrogens with one attached hydrogen (secondary N) is 2. The van der Waals surface area contributed by atoms with Crippen LogP contribution in [0.2, 0.25) is 0 Å². The van der Waals surface area contributed by atoms with E-state index in [0.29, 0.717) is 24.4 Å². The number of carbonyl (C=O) groups excluding carboxylic acids is 1. The van der Waals surface area contributed by atoms with Crippen molar-refractivity contribution in [2.75, 3.05) is 26.0 Å². The van der Waals surface area contributed by atoms with Crippen molar-refractivity contribution in [2.45, 2.75) is 24.8 Å². The second-order valence-electron chi connectivity index (χ2n) is 4.65. The lowest BCUT2D eigenvalue weighted by Crippen LogP contribution is -2.45. The van der Waals surface area contributed by atoms with Crippen molar-refractivity contribution in [3.63, 3.8) is 0 Å². The summed E-state index contributed by atoms with van der Waals surface area (Å²) in [6.07, 6.45) is 0. The molecular weight excluding hydrogens is 294 g/mol. The van der Waals surface area contributed by atoms with Crippen LogP contribution in [0, 0.1) is 6.92 Å². The maximum atomic E-state index is 12.3. The van der Waals surface area contributed by atoms with Gasteiger partial charge < -0.3 is 15.8 Å². The van der Waals surface area contributed by atoms with Crippen LogP contribution in [0.5, 0.6) is 0 Å². The first-order chi connectivity index (χ1) is 9.77. The summed E-state index contributed by atoms with van der Waals surface area (Å²) < 4.78 is 31.6. The number of ether oxygens (including phenoxy) is 1. The third-order valence-electron chi connectivity index (χ3n) is 2.82. The van der Waals surface area contributed by atoms with Crippen molar-refractivity contribution in [2.24, 2.45) is 0 Å². The Kier molecular flexibility index (Phi) is 6.13. The molecule has 0 radical (unpaired) electrons. The summed E-state index contributed by atoms with van der Waals surface area (Å²) in [7, 11) is -2.26. The van der Waals surface area contributed by atoms with Crippen LogP contribution in [0.15, 0.2) is 23.1 Å². The summed E-state index contributed by atoms with van der Waals surface area (Å²) in [6, 6.07) is 3.61. The fourth-order valence-electron chi connectivity index (χ4n) is 1.75. The molecular formula is C13H21N3O4S. The number of hydrogen-bond donors (Lipinski definition) is 3. The molecule has 1 atom stereocenters. The van der Waals surface area contributed by atoms with E-state index in [2.05, 4.69) is 10.0 Å². The Balaban J connectivity index is 2.78. The third-order valence-corrected chi connectivity index (χ3v) is 4.52. The minimum Gasteiger partial charge on any atom is -0.399 e. The molecule has 4 N–H and O–H groups in total. The highest BCUT2D eigenvalue weighted by Gasteiger charge is 2.23. The van der Waals surface area contributed by atoms with Crippen molar-refractivity contribution in [3.05, 3.63) is 23.8 Å². The Labute approximate surface area is 124 Å². The molecule has 0 heterocycles. The summed E-state index contributed by atoms with van der Waals surface area (Å²) in [4.78, 5) is 11.9. The van der Waals surface area contributed by atoms with Crippen LogP contribution >= 0.6 is 0 Å². The van der Waals surface area contributed by atoms with Crippen molar-refractivity contribution in [3.8, 4) is 0 Å². The Morgan fingerprint density at radius 3 is 2.67 bits per heavy atom. The average Bonchev–Trinajstić information content (AvgIpc) is 2.37. The lowest BCUT2D eigenvalue weighted by molar-refractivity contribution is -0.122. The van der Waals surface area contributed by atoms with Gasteiger partial charge in [-0.15, -0.1) is 0 Å². The normalized spacial score (nSPS) is 12.9. The number of nitrogen functional groups attached to an aromatic ring is 1. The van der Waals surface area contributed by atoms with Crippen LogP contribution in [0.4, 0.5) is 5.69 Å². The molecule has 0 saturated heterocycles. The zero-order valence-corrected chi connectivity index (χ0v) is 13.2. The topological polar surface area (TPSA) is 111 Å². The highest BCUT2D eigenvalue weighted by molar-refractivity contribution is 7.89. The maximum Gasteiger partial charge on any atom is 0.241 e. The quantitative estimate of drug-likeness (QED) is 0.485. The number of aryl methyl sites for hydroxylation is 1. The first kappa shape index (κ1) is 17.4. The van der Waals surface area contributed by atoms with Gasteiger partial charge in [0.25, 0.3) is 0 Å². The van der Waals surface area contributed by atoms with Gasteiger partial charge in [0.1, 0.15) is 0 Å². The van der Waals surface area contributed by atoms with Gasteiger partial charge in [-0.2, -0.15) is 4.72 Å². The highest BCUT2D eigenvalue weighted by atomic mass is 32.2. The van der Waals surface area contributed by atoms with Crippen LogP contribution in [-0.4, -0.2) is 40.6 Å². The van der Waals surface area contributed by atoms with E-state index in [1.807, 2.05) is 0 Å². The molecule has 1 rings (SSSR count). The van der Waals surface area contributed by atoms with E-state index in [1.54, 1.807) is 13.0 Å². The summed E-state index contributed by atoms with van der Waals surface area (Å²) in [6.45, 7) is 3.81. The first-order valence-corrected chi connectivity index (χ1v) is 7.91. The lowest BCUT2D eigenvalue weighted by atomic mass is 10.2. The Morgan fingerprint density at radius 2 is 2.10 bits per heavy atom. The SMILES string of the molecule is COCCNC(=O)C(C)NS(=O)(=O)c1ccc(N)cc1C. The van der Waals surface area contributed by atoms with Crippen LogP contribution in [0.25, 0.3) is 0 Å². The first-order valence-electron chi connectivity index (χ1n) is 6.43. The molecule has 0 spiro atoms. The van der Waals surface area contributed by atoms with Crippen LogP contribution < -0.4 is 15.8 Å². The number of sulfonamides is 1. The number of methoxy groups -OCH3 is 1. The zero-order chi connectivity index (χ0) is 16.0. The molecule has 0 bridgehead atoms. The van der Waals surface area contributed by atoms with E-state index in [0.717, 1.165) is 0 Å². The van der Waals surface area contributed by atoms with Gasteiger partial charge >= 0.3 is 0 Å². The van der Waals surface area contributed by atoms with Crippen molar-refractivity contribution >= 4 is 21.6 Å². The molecule has 8 heteroatoms. The summed E-state index contributed by atoms with van der Waals surface area (Å²) in [5, 5.41) is 2.57. The molecule has 1 amide bonds. The van der Waals surface area contributed by atoms with E-state index >= 15 is 0 Å².